The maximum absolute atomic E-state index is 13.3. The Bertz CT molecular complexity index is 997. The smallest absolute Gasteiger partial charge is 0.254 e. The molecule has 3 fully saturated rings. The zero-order valence-corrected chi connectivity index (χ0v) is 20.5. The molecule has 2 unspecified atom stereocenters. The first-order valence-corrected chi connectivity index (χ1v) is 12.9. The molecule has 2 aromatic carbocycles. The number of amides is 2. The van der Waals surface area contributed by atoms with Gasteiger partial charge in [-0.05, 0) is 55.2 Å². The van der Waals surface area contributed by atoms with Gasteiger partial charge in [-0.1, -0.05) is 61.4 Å². The van der Waals surface area contributed by atoms with Crippen LogP contribution in [-0.2, 0) is 4.79 Å². The molecule has 2 saturated heterocycles. The summed E-state index contributed by atoms with van der Waals surface area (Å²) in [7, 11) is 0. The van der Waals surface area contributed by atoms with Crippen molar-refractivity contribution in [2.24, 2.45) is 17.8 Å². The molecule has 0 bridgehead atoms. The third-order valence-corrected chi connectivity index (χ3v) is 8.23. The average Bonchev–Trinajstić information content (AvgIpc) is 3.56. The van der Waals surface area contributed by atoms with E-state index in [2.05, 4.69) is 39.4 Å². The standard InChI is InChI=1S/C29H37N3O2/c1-20-9-8-10-21(2)27(20)29(34)32-17-24-15-31(16-25(24)18-32)19-26(22-11-4-3-5-12-22)30-28(33)23-13-6-7-14-23/h3-5,8-12,23-26H,6-7,13-19H2,1-2H3,(H,30,33)/t24-,25?,26?/m1/s1. The fourth-order valence-electron chi connectivity index (χ4n) is 6.37. The molecule has 180 valence electrons. The lowest BCUT2D eigenvalue weighted by molar-refractivity contribution is -0.125. The Morgan fingerprint density at radius 3 is 2.12 bits per heavy atom. The number of aryl methyl sites for hydroxylation is 2. The highest BCUT2D eigenvalue weighted by Crippen LogP contribution is 2.34. The first-order valence-electron chi connectivity index (χ1n) is 12.9. The van der Waals surface area contributed by atoms with Gasteiger partial charge in [0.05, 0.1) is 6.04 Å². The number of benzene rings is 2. The van der Waals surface area contributed by atoms with Gasteiger partial charge in [-0.2, -0.15) is 0 Å². The minimum absolute atomic E-state index is 0.0143. The molecule has 2 amide bonds. The van der Waals surface area contributed by atoms with Gasteiger partial charge in [-0.25, -0.2) is 0 Å². The van der Waals surface area contributed by atoms with Crippen molar-refractivity contribution in [3.8, 4) is 0 Å². The second-order valence-electron chi connectivity index (χ2n) is 10.7. The quantitative estimate of drug-likeness (QED) is 0.699. The van der Waals surface area contributed by atoms with Crippen molar-refractivity contribution in [1.29, 1.82) is 0 Å². The van der Waals surface area contributed by atoms with Crippen LogP contribution < -0.4 is 5.32 Å². The molecule has 2 aliphatic heterocycles. The summed E-state index contributed by atoms with van der Waals surface area (Å²) in [5.41, 5.74) is 4.18. The molecule has 0 radical (unpaired) electrons. The normalized spacial score (nSPS) is 23.8. The molecule has 0 spiro atoms. The summed E-state index contributed by atoms with van der Waals surface area (Å²) in [6.45, 7) is 8.54. The third kappa shape index (κ3) is 4.76. The van der Waals surface area contributed by atoms with Crippen LogP contribution in [0.5, 0.6) is 0 Å². The van der Waals surface area contributed by atoms with Gasteiger partial charge < -0.3 is 15.1 Å². The molecule has 1 N–H and O–H groups in total. The van der Waals surface area contributed by atoms with E-state index in [1.807, 2.05) is 38.1 Å². The largest absolute Gasteiger partial charge is 0.348 e. The lowest BCUT2D eigenvalue weighted by atomic mass is 10.0. The minimum atomic E-state index is 0.0143. The van der Waals surface area contributed by atoms with Crippen molar-refractivity contribution < 1.29 is 9.59 Å². The summed E-state index contributed by atoms with van der Waals surface area (Å²) in [6.07, 6.45) is 4.37. The van der Waals surface area contributed by atoms with E-state index in [1.165, 1.54) is 18.4 Å². The van der Waals surface area contributed by atoms with E-state index in [-0.39, 0.29) is 23.8 Å². The van der Waals surface area contributed by atoms with Crippen molar-refractivity contribution in [3.63, 3.8) is 0 Å². The van der Waals surface area contributed by atoms with Gasteiger partial charge in [0.2, 0.25) is 5.91 Å². The van der Waals surface area contributed by atoms with Crippen molar-refractivity contribution in [3.05, 3.63) is 70.8 Å². The van der Waals surface area contributed by atoms with Gasteiger partial charge in [0.1, 0.15) is 0 Å². The molecule has 0 aromatic heterocycles. The van der Waals surface area contributed by atoms with Gasteiger partial charge in [0.25, 0.3) is 5.91 Å². The van der Waals surface area contributed by atoms with Gasteiger partial charge in [0, 0.05) is 44.2 Å². The lowest BCUT2D eigenvalue weighted by Gasteiger charge is -2.28. The summed E-state index contributed by atoms with van der Waals surface area (Å²) in [6, 6.07) is 16.5. The molecule has 3 aliphatic rings. The third-order valence-electron chi connectivity index (χ3n) is 8.23. The van der Waals surface area contributed by atoms with E-state index in [0.717, 1.165) is 62.3 Å². The van der Waals surface area contributed by atoms with Gasteiger partial charge in [0.15, 0.2) is 0 Å². The number of likely N-dealkylation sites (tertiary alicyclic amines) is 2. The zero-order chi connectivity index (χ0) is 23.7. The number of fused-ring (bicyclic) bond motifs is 1. The molecule has 1 saturated carbocycles. The van der Waals surface area contributed by atoms with Gasteiger partial charge in [-0.3, -0.25) is 9.59 Å². The molecular weight excluding hydrogens is 422 g/mol. The molecule has 34 heavy (non-hydrogen) atoms. The summed E-state index contributed by atoms with van der Waals surface area (Å²) < 4.78 is 0. The monoisotopic (exact) mass is 459 g/mol. The molecule has 2 aromatic rings. The topological polar surface area (TPSA) is 52.7 Å². The van der Waals surface area contributed by atoms with Crippen LogP contribution in [0, 0.1) is 31.6 Å². The second-order valence-corrected chi connectivity index (χ2v) is 10.7. The van der Waals surface area contributed by atoms with E-state index >= 15 is 0 Å². The van der Waals surface area contributed by atoms with Crippen LogP contribution in [0.2, 0.25) is 0 Å². The first kappa shape index (κ1) is 23.1. The van der Waals surface area contributed by atoms with Crippen molar-refractivity contribution in [1.82, 2.24) is 15.1 Å². The Hall–Kier alpha value is -2.66. The minimum Gasteiger partial charge on any atom is -0.348 e. The van der Waals surface area contributed by atoms with Crippen LogP contribution in [0.1, 0.15) is 58.8 Å². The zero-order valence-electron chi connectivity index (χ0n) is 20.5. The number of nitrogens with one attached hydrogen (secondary N) is 1. The Balaban J connectivity index is 1.22. The molecular formula is C29H37N3O2. The summed E-state index contributed by atoms with van der Waals surface area (Å²) in [5, 5.41) is 3.38. The summed E-state index contributed by atoms with van der Waals surface area (Å²) in [5.74, 6) is 1.60. The van der Waals surface area contributed by atoms with Crippen molar-refractivity contribution in [2.75, 3.05) is 32.7 Å². The van der Waals surface area contributed by atoms with Crippen LogP contribution in [0.25, 0.3) is 0 Å². The molecule has 1 aliphatic carbocycles. The number of hydrogen-bond donors (Lipinski definition) is 1. The summed E-state index contributed by atoms with van der Waals surface area (Å²) in [4.78, 5) is 30.8. The van der Waals surface area contributed by atoms with Crippen molar-refractivity contribution in [2.45, 2.75) is 45.6 Å². The van der Waals surface area contributed by atoms with E-state index in [1.54, 1.807) is 0 Å². The van der Waals surface area contributed by atoms with E-state index in [0.29, 0.717) is 11.8 Å². The van der Waals surface area contributed by atoms with Crippen LogP contribution in [-0.4, -0.2) is 54.3 Å². The highest BCUT2D eigenvalue weighted by atomic mass is 16.2. The highest BCUT2D eigenvalue weighted by molar-refractivity contribution is 5.97. The maximum Gasteiger partial charge on any atom is 0.254 e. The van der Waals surface area contributed by atoms with Crippen LogP contribution >= 0.6 is 0 Å². The molecule has 5 rings (SSSR count). The fourth-order valence-corrected chi connectivity index (χ4v) is 6.37. The Morgan fingerprint density at radius 2 is 1.50 bits per heavy atom. The Morgan fingerprint density at radius 1 is 0.882 bits per heavy atom. The summed E-state index contributed by atoms with van der Waals surface area (Å²) >= 11 is 0. The first-order chi connectivity index (χ1) is 16.5. The fraction of sp³-hybridized carbons (Fsp3) is 0.517. The van der Waals surface area contributed by atoms with E-state index in [9.17, 15) is 9.59 Å². The highest BCUT2D eigenvalue weighted by Gasteiger charge is 2.42. The molecule has 5 heteroatoms. The average molecular weight is 460 g/mol. The van der Waals surface area contributed by atoms with Gasteiger partial charge >= 0.3 is 0 Å². The number of nitrogens with zero attached hydrogens (tertiary/aromatic N) is 2. The Labute approximate surface area is 203 Å². The predicted molar refractivity (Wildman–Crippen MR) is 135 cm³/mol. The molecule has 3 atom stereocenters. The van der Waals surface area contributed by atoms with E-state index in [4.69, 9.17) is 0 Å². The number of hydrogen-bond acceptors (Lipinski definition) is 3. The van der Waals surface area contributed by atoms with Crippen LogP contribution in [0.3, 0.4) is 0 Å². The predicted octanol–water partition coefficient (Wildman–Crippen LogP) is 4.35. The SMILES string of the molecule is Cc1cccc(C)c1C(=O)N1CC2CN(CC(NC(=O)C3CCCC3)c3ccccc3)C[C@@H]2C1. The molecule has 5 nitrogen and oxygen atoms in total. The van der Waals surface area contributed by atoms with Crippen LogP contribution in [0.15, 0.2) is 48.5 Å². The molecule has 2 heterocycles. The lowest BCUT2D eigenvalue weighted by Crippen LogP contribution is -2.40. The second kappa shape index (κ2) is 9.91. The van der Waals surface area contributed by atoms with E-state index < -0.39 is 0 Å². The number of carbonyl (C=O) groups excluding carboxylic acids is 2. The number of carbonyl (C=O) groups is 2. The maximum atomic E-state index is 13.3. The number of rotatable bonds is 6. The van der Waals surface area contributed by atoms with Crippen LogP contribution in [0.4, 0.5) is 0 Å². The Kier molecular flexibility index (Phi) is 6.73. The van der Waals surface area contributed by atoms with Gasteiger partial charge in [-0.15, -0.1) is 0 Å². The van der Waals surface area contributed by atoms with Crippen molar-refractivity contribution >= 4 is 11.8 Å².